The fourth-order valence-corrected chi connectivity index (χ4v) is 3.28. The molecule has 0 amide bonds. The number of rotatable bonds is 6. The van der Waals surface area contributed by atoms with E-state index in [0.717, 1.165) is 43.2 Å². The lowest BCUT2D eigenvalue weighted by Crippen LogP contribution is -2.36. The van der Waals surface area contributed by atoms with Crippen LogP contribution in [0.25, 0.3) is 0 Å². The Morgan fingerprint density at radius 2 is 1.89 bits per heavy atom. The minimum Gasteiger partial charge on any atom is -0.378 e. The molecule has 1 aliphatic rings. The van der Waals surface area contributed by atoms with Gasteiger partial charge in [-0.05, 0) is 23.8 Å². The third-order valence-corrected chi connectivity index (χ3v) is 4.69. The van der Waals surface area contributed by atoms with Gasteiger partial charge in [0.15, 0.2) is 5.82 Å². The van der Waals surface area contributed by atoms with Crippen molar-refractivity contribution in [3.05, 3.63) is 70.8 Å². The third-order valence-electron chi connectivity index (χ3n) is 4.46. The Morgan fingerprint density at radius 1 is 1.07 bits per heavy atom. The molecule has 4 rings (SSSR count). The highest BCUT2D eigenvalue weighted by Gasteiger charge is 2.16. The molecule has 27 heavy (non-hydrogen) atoms. The first kappa shape index (κ1) is 17.8. The van der Waals surface area contributed by atoms with Gasteiger partial charge >= 0.3 is 0 Å². The van der Waals surface area contributed by atoms with Gasteiger partial charge < -0.3 is 19.5 Å². The van der Waals surface area contributed by atoms with E-state index in [4.69, 9.17) is 20.9 Å². The largest absolute Gasteiger partial charge is 0.378 e. The zero-order valence-electron chi connectivity index (χ0n) is 14.9. The molecule has 0 spiro atoms. The lowest BCUT2D eigenvalue weighted by atomic mass is 10.1. The van der Waals surface area contributed by atoms with Crippen molar-refractivity contribution in [2.24, 2.45) is 0 Å². The molecular weight excluding hydrogens is 364 g/mol. The highest BCUT2D eigenvalue weighted by atomic mass is 35.5. The van der Waals surface area contributed by atoms with Crippen LogP contribution in [0.3, 0.4) is 0 Å². The molecule has 0 unspecified atom stereocenters. The molecule has 7 heteroatoms. The number of anilines is 2. The third kappa shape index (κ3) is 4.59. The summed E-state index contributed by atoms with van der Waals surface area (Å²) in [6.07, 6.45) is 0.653. The molecule has 1 aliphatic heterocycles. The number of hydrogen-bond donors (Lipinski definition) is 1. The normalized spacial score (nSPS) is 14.3. The molecule has 140 valence electrons. The Kier molecular flexibility index (Phi) is 5.55. The van der Waals surface area contributed by atoms with Crippen molar-refractivity contribution in [3.63, 3.8) is 0 Å². The molecule has 0 saturated carbocycles. The number of nitrogens with one attached hydrogen (secondary N) is 1. The number of ether oxygens (including phenoxy) is 1. The van der Waals surface area contributed by atoms with Crippen LogP contribution >= 0.6 is 11.6 Å². The van der Waals surface area contributed by atoms with E-state index in [2.05, 4.69) is 32.5 Å². The van der Waals surface area contributed by atoms with E-state index < -0.39 is 0 Å². The van der Waals surface area contributed by atoms with Crippen LogP contribution in [0.4, 0.5) is 11.4 Å². The highest BCUT2D eigenvalue weighted by molar-refractivity contribution is 6.31. The van der Waals surface area contributed by atoms with E-state index in [9.17, 15) is 0 Å². The number of nitrogens with zero attached hydrogens (tertiary/aromatic N) is 3. The fourth-order valence-electron chi connectivity index (χ4n) is 3.11. The minimum absolute atomic E-state index is 0.444. The topological polar surface area (TPSA) is 63.4 Å². The van der Waals surface area contributed by atoms with Crippen LogP contribution in [0, 0.1) is 0 Å². The van der Waals surface area contributed by atoms with Crippen molar-refractivity contribution in [2.75, 3.05) is 36.5 Å². The van der Waals surface area contributed by atoms with Gasteiger partial charge in [-0.2, -0.15) is 4.98 Å². The zero-order valence-corrected chi connectivity index (χ0v) is 15.7. The van der Waals surface area contributed by atoms with E-state index in [1.165, 1.54) is 0 Å². The van der Waals surface area contributed by atoms with E-state index >= 15 is 0 Å². The summed E-state index contributed by atoms with van der Waals surface area (Å²) in [5.74, 6) is 1.23. The molecule has 3 aromatic rings. The number of hydrogen-bond acceptors (Lipinski definition) is 6. The lowest BCUT2D eigenvalue weighted by Gasteiger charge is -2.30. The summed E-state index contributed by atoms with van der Waals surface area (Å²) < 4.78 is 10.8. The maximum Gasteiger partial charge on any atom is 0.245 e. The number of aromatic nitrogens is 2. The molecule has 1 N–H and O–H groups in total. The van der Waals surface area contributed by atoms with Gasteiger partial charge in [0.2, 0.25) is 5.89 Å². The highest BCUT2D eigenvalue weighted by Crippen LogP contribution is 2.30. The molecule has 0 aliphatic carbocycles. The summed E-state index contributed by atoms with van der Waals surface area (Å²) in [6.45, 7) is 3.62. The molecule has 0 radical (unpaired) electrons. The Hall–Kier alpha value is -2.57. The summed E-state index contributed by atoms with van der Waals surface area (Å²) in [7, 11) is 0. The minimum atomic E-state index is 0.444. The monoisotopic (exact) mass is 384 g/mol. The van der Waals surface area contributed by atoms with Crippen molar-refractivity contribution < 1.29 is 9.26 Å². The summed E-state index contributed by atoms with van der Waals surface area (Å²) in [6, 6.07) is 16.0. The molecular formula is C20H21ClN4O2. The van der Waals surface area contributed by atoms with E-state index in [1.807, 2.05) is 36.4 Å². The quantitative estimate of drug-likeness (QED) is 0.698. The van der Waals surface area contributed by atoms with Gasteiger partial charge in [0, 0.05) is 24.5 Å². The van der Waals surface area contributed by atoms with Gasteiger partial charge in [-0.15, -0.1) is 0 Å². The van der Waals surface area contributed by atoms with Gasteiger partial charge in [-0.25, -0.2) is 0 Å². The van der Waals surface area contributed by atoms with Crippen LogP contribution in [-0.2, 0) is 17.7 Å². The zero-order chi connectivity index (χ0) is 18.5. The summed E-state index contributed by atoms with van der Waals surface area (Å²) >= 11 is 6.20. The van der Waals surface area contributed by atoms with E-state index in [-0.39, 0.29) is 0 Å². The van der Waals surface area contributed by atoms with Crippen LogP contribution in [0.5, 0.6) is 0 Å². The average molecular weight is 385 g/mol. The standard InChI is InChI=1S/C20H21ClN4O2/c21-16-6-7-18(25-8-10-26-11-9-25)17(13-16)22-14-20-23-19(24-27-20)12-15-4-2-1-3-5-15/h1-7,13,22H,8-12,14H2. The summed E-state index contributed by atoms with van der Waals surface area (Å²) in [4.78, 5) is 6.77. The van der Waals surface area contributed by atoms with Crippen LogP contribution < -0.4 is 10.2 Å². The van der Waals surface area contributed by atoms with Gasteiger partial charge in [-0.3, -0.25) is 0 Å². The molecule has 1 saturated heterocycles. The number of benzene rings is 2. The molecule has 2 aromatic carbocycles. The molecule has 1 aromatic heterocycles. The second-order valence-electron chi connectivity index (χ2n) is 6.38. The van der Waals surface area contributed by atoms with Crippen molar-refractivity contribution in [1.29, 1.82) is 0 Å². The maximum atomic E-state index is 6.20. The molecule has 2 heterocycles. The van der Waals surface area contributed by atoms with Crippen LogP contribution in [0.15, 0.2) is 53.1 Å². The molecule has 1 fully saturated rings. The SMILES string of the molecule is Clc1ccc(N2CCOCC2)c(NCc2nc(Cc3ccccc3)no2)c1. The first-order chi connectivity index (χ1) is 13.3. The predicted molar refractivity (Wildman–Crippen MR) is 105 cm³/mol. The Labute approximate surface area is 163 Å². The Bertz CT molecular complexity index is 879. The maximum absolute atomic E-state index is 6.20. The first-order valence-corrected chi connectivity index (χ1v) is 9.37. The molecule has 6 nitrogen and oxygen atoms in total. The number of morpholine rings is 1. The van der Waals surface area contributed by atoms with E-state index in [0.29, 0.717) is 29.7 Å². The van der Waals surface area contributed by atoms with Crippen molar-refractivity contribution in [3.8, 4) is 0 Å². The smallest absolute Gasteiger partial charge is 0.245 e. The predicted octanol–water partition coefficient (Wildman–Crippen LogP) is 3.76. The summed E-state index contributed by atoms with van der Waals surface area (Å²) in [5, 5.41) is 8.14. The van der Waals surface area contributed by atoms with Crippen molar-refractivity contribution in [2.45, 2.75) is 13.0 Å². The summed E-state index contributed by atoms with van der Waals surface area (Å²) in [5.41, 5.74) is 3.21. The molecule has 0 bridgehead atoms. The van der Waals surface area contributed by atoms with E-state index in [1.54, 1.807) is 0 Å². The van der Waals surface area contributed by atoms with Gasteiger partial charge in [0.05, 0.1) is 31.1 Å². The van der Waals surface area contributed by atoms with Crippen molar-refractivity contribution >= 4 is 23.0 Å². The second kappa shape index (κ2) is 8.41. The van der Waals surface area contributed by atoms with Gasteiger partial charge in [-0.1, -0.05) is 47.1 Å². The lowest BCUT2D eigenvalue weighted by molar-refractivity contribution is 0.123. The van der Waals surface area contributed by atoms with Crippen LogP contribution in [0.2, 0.25) is 5.02 Å². The fraction of sp³-hybridized carbons (Fsp3) is 0.300. The van der Waals surface area contributed by atoms with Crippen molar-refractivity contribution in [1.82, 2.24) is 10.1 Å². The van der Waals surface area contributed by atoms with Crippen LogP contribution in [0.1, 0.15) is 17.3 Å². The Balaban J connectivity index is 1.43. The van der Waals surface area contributed by atoms with Crippen LogP contribution in [-0.4, -0.2) is 36.4 Å². The second-order valence-corrected chi connectivity index (χ2v) is 6.82. The Morgan fingerprint density at radius 3 is 2.70 bits per heavy atom. The van der Waals surface area contributed by atoms with Gasteiger partial charge in [0.25, 0.3) is 0 Å². The average Bonchev–Trinajstić information content (AvgIpc) is 3.15. The number of halogens is 1. The van der Waals surface area contributed by atoms with Gasteiger partial charge in [0.1, 0.15) is 0 Å². The molecule has 0 atom stereocenters. The first-order valence-electron chi connectivity index (χ1n) is 8.99.